The summed E-state index contributed by atoms with van der Waals surface area (Å²) < 4.78 is 30.5. The van der Waals surface area contributed by atoms with Gasteiger partial charge in [-0.05, 0) is 0 Å². The molecule has 2 aromatic carbocycles. The van der Waals surface area contributed by atoms with Crippen molar-refractivity contribution in [3.05, 3.63) is 102 Å². The van der Waals surface area contributed by atoms with Gasteiger partial charge in [-0.25, -0.2) is 0 Å². The van der Waals surface area contributed by atoms with Gasteiger partial charge in [0.15, 0.2) is 0 Å². The van der Waals surface area contributed by atoms with Crippen molar-refractivity contribution in [1.29, 1.82) is 0 Å². The van der Waals surface area contributed by atoms with E-state index in [9.17, 15) is 8.42 Å². The van der Waals surface area contributed by atoms with E-state index in [2.05, 4.69) is 41.3 Å². The molecule has 2 rings (SSSR count). The molecule has 0 heterocycles. The van der Waals surface area contributed by atoms with Gasteiger partial charge < -0.3 is 41.3 Å². The van der Waals surface area contributed by atoms with Crippen molar-refractivity contribution in [2.75, 3.05) is 84.6 Å². The molecule has 0 amide bonds. The smallest absolute Gasteiger partial charge is 0.668 e. The first-order valence-corrected chi connectivity index (χ1v) is 11.7. The zero-order valence-electron chi connectivity index (χ0n) is 24.6. The zero-order valence-corrected chi connectivity index (χ0v) is 28.5. The molecule has 2 aromatic rings. The van der Waals surface area contributed by atoms with E-state index < -0.39 is 10.2 Å². The monoisotopic (exact) mass is 606 g/mol. The van der Waals surface area contributed by atoms with Gasteiger partial charge in [-0.15, -0.1) is 11.4 Å². The quantitative estimate of drug-likeness (QED) is 0.335. The molecular weight excluding hydrogens is 560 g/mol. The van der Waals surface area contributed by atoms with Gasteiger partial charge in [0.1, 0.15) is 0 Å². The largest absolute Gasteiger partial charge is 4.00 e. The van der Waals surface area contributed by atoms with Crippen molar-refractivity contribution in [3.63, 3.8) is 0 Å². The molecule has 13 heteroatoms. The molecule has 0 aliphatic rings. The van der Waals surface area contributed by atoms with Crippen molar-refractivity contribution >= 4 is 21.6 Å². The second kappa shape index (κ2) is 48.3. The minimum atomic E-state index is -3.84. The first kappa shape index (κ1) is 52.6. The molecule has 0 aromatic heterocycles. The Bertz CT molecular complexity index is 625. The van der Waals surface area contributed by atoms with E-state index in [0.29, 0.717) is 11.4 Å². The Balaban J connectivity index is -0.0000000752. The van der Waals surface area contributed by atoms with Crippen molar-refractivity contribution in [1.82, 2.24) is 0 Å². The second-order valence-corrected chi connectivity index (χ2v) is 7.25. The molecule has 0 aliphatic carbocycles. The van der Waals surface area contributed by atoms with Crippen LogP contribution in [0.5, 0.6) is 0 Å². The van der Waals surface area contributed by atoms with Crippen LogP contribution in [0.25, 0.3) is 41.3 Å². The number of benzene rings is 2. The van der Waals surface area contributed by atoms with Crippen LogP contribution in [-0.4, -0.2) is 93.0 Å². The summed E-state index contributed by atoms with van der Waals surface area (Å²) in [5.74, 6) is 0. The van der Waals surface area contributed by atoms with Gasteiger partial charge in [0.2, 0.25) is 0 Å². The van der Waals surface area contributed by atoms with Crippen molar-refractivity contribution in [2.24, 2.45) is 0 Å². The molecule has 0 bridgehead atoms. The van der Waals surface area contributed by atoms with Gasteiger partial charge >= 0.3 is 43.4 Å². The van der Waals surface area contributed by atoms with Crippen LogP contribution in [0, 0.1) is 0 Å². The Morgan fingerprint density at radius 2 is 0.568 bits per heavy atom. The molecule has 0 aliphatic heterocycles. The summed E-state index contributed by atoms with van der Waals surface area (Å²) in [7, 11) is 17.2. The van der Waals surface area contributed by atoms with Gasteiger partial charge in [0.05, 0.1) is 0 Å². The van der Waals surface area contributed by atoms with Crippen LogP contribution in [0.2, 0.25) is 0 Å². The van der Waals surface area contributed by atoms with Crippen LogP contribution in [0.1, 0.15) is 0 Å². The van der Waals surface area contributed by atoms with Crippen LogP contribution in [0.3, 0.4) is 0 Å². The molecule has 0 fully saturated rings. The van der Waals surface area contributed by atoms with E-state index in [-0.39, 0.29) is 43.4 Å². The van der Waals surface area contributed by atoms with Crippen molar-refractivity contribution < 1.29 is 51.9 Å². The third kappa shape index (κ3) is 61.1. The summed E-state index contributed by atoms with van der Waals surface area (Å²) in [4.78, 5) is 0. The molecule has 10 nitrogen and oxygen atoms in total. The van der Waals surface area contributed by atoms with E-state index >= 15 is 0 Å². The molecule has 0 atom stereocenters. The Hall–Kier alpha value is -0.821. The van der Waals surface area contributed by atoms with E-state index in [0.717, 1.165) is 0 Å². The van der Waals surface area contributed by atoms with E-state index in [1.54, 1.807) is 145 Å². The Kier molecular flexibility index (Phi) is 68.6. The van der Waals surface area contributed by atoms with E-state index in [1.165, 1.54) is 0 Å². The normalized spacial score (nSPS) is 7.89. The fourth-order valence-corrected chi connectivity index (χ4v) is 2.08. The number of hydrogen-bond donors (Lipinski definition) is 0. The summed E-state index contributed by atoms with van der Waals surface area (Å²) in [5.41, 5.74) is 0.736. The molecule has 0 N–H and O–H groups in total. The standard InChI is InChI=1S/C12H10N2O2S.6C2H6N.2Ti/c15-17(16,13-11-7-3-1-4-8-11)14-12-9-5-2-6-10-12;6*1-3-2;;/h1-10H;6*1-2H3;;/q-2;6*-1;2*+4. The molecule has 208 valence electrons. The van der Waals surface area contributed by atoms with Gasteiger partial charge in [0.25, 0.3) is 0 Å². The maximum absolute atomic E-state index is 11.6. The number of rotatable bonds is 4. The Labute approximate surface area is 258 Å². The van der Waals surface area contributed by atoms with Gasteiger partial charge in [-0.1, -0.05) is 60.7 Å². The molecule has 0 unspecified atom stereocenters. The van der Waals surface area contributed by atoms with E-state index in [1.807, 2.05) is 0 Å². The summed E-state index contributed by atoms with van der Waals surface area (Å²) in [6.07, 6.45) is 0. The number of nitrogens with zero attached hydrogens (tertiary/aromatic N) is 8. The molecule has 0 saturated carbocycles. The average molecular weight is 606 g/mol. The summed E-state index contributed by atoms with van der Waals surface area (Å²) in [5, 5.41) is 21.0. The summed E-state index contributed by atoms with van der Waals surface area (Å²) >= 11 is 0. The average Bonchev–Trinajstić information content (AvgIpc) is 2.78. The third-order valence-corrected chi connectivity index (χ3v) is 2.84. The summed E-state index contributed by atoms with van der Waals surface area (Å²) in [6, 6.07) is 16.9. The first-order valence-electron chi connectivity index (χ1n) is 10.3. The molecule has 37 heavy (non-hydrogen) atoms. The topological polar surface area (TPSA) is 147 Å². The van der Waals surface area contributed by atoms with Crippen molar-refractivity contribution in [3.8, 4) is 0 Å². The predicted octanol–water partition coefficient (Wildman–Crippen LogP) is 7.36. The van der Waals surface area contributed by atoms with Crippen LogP contribution >= 0.6 is 0 Å². The predicted molar refractivity (Wildman–Crippen MR) is 159 cm³/mol. The SMILES string of the molecule is C[N-]C.C[N-]C.C[N-]C.C[N-]C.C[N-]C.C[N-]C.O=S(=O)([N-]c1ccccc1)[N-]c1ccccc1.[Ti+4].[Ti+4]. The minimum Gasteiger partial charge on any atom is -0.668 e. The minimum absolute atomic E-state index is 0. The van der Waals surface area contributed by atoms with E-state index in [4.69, 9.17) is 0 Å². The molecular formula is C24H46N8O2STi2. The second-order valence-electron chi connectivity index (χ2n) is 5.98. The molecule has 0 spiro atoms. The van der Waals surface area contributed by atoms with Crippen LogP contribution in [0.4, 0.5) is 11.4 Å². The van der Waals surface area contributed by atoms with Crippen LogP contribution < -0.4 is 0 Å². The van der Waals surface area contributed by atoms with Crippen molar-refractivity contribution in [2.45, 2.75) is 0 Å². The van der Waals surface area contributed by atoms with Crippen LogP contribution in [-0.2, 0) is 53.6 Å². The van der Waals surface area contributed by atoms with Gasteiger partial charge in [-0.2, -0.15) is 84.6 Å². The maximum Gasteiger partial charge on any atom is 4.00 e. The van der Waals surface area contributed by atoms with Gasteiger partial charge in [0, 0.05) is 10.2 Å². The Morgan fingerprint density at radius 1 is 0.405 bits per heavy atom. The Morgan fingerprint density at radius 3 is 0.730 bits per heavy atom. The van der Waals surface area contributed by atoms with Crippen LogP contribution in [0.15, 0.2) is 60.7 Å². The fourth-order valence-electron chi connectivity index (χ4n) is 1.26. The molecule has 0 radical (unpaired) electrons. The number of hydrogen-bond acceptors (Lipinski definition) is 2. The first-order chi connectivity index (χ1) is 16.6. The third-order valence-electron chi connectivity index (χ3n) is 1.95. The maximum atomic E-state index is 11.6. The zero-order chi connectivity index (χ0) is 28.4. The van der Waals surface area contributed by atoms with Gasteiger partial charge in [-0.3, -0.25) is 8.42 Å². The molecule has 0 saturated heterocycles. The summed E-state index contributed by atoms with van der Waals surface area (Å²) in [6.45, 7) is 0. The fraction of sp³-hybridized carbons (Fsp3) is 0.500.